The number of nitrogens with one attached hydrogen (secondary N) is 1. The highest BCUT2D eigenvalue weighted by atomic mass is 16.5. The Bertz CT molecular complexity index is 1180. The van der Waals surface area contributed by atoms with Crippen LogP contribution in [0, 0.1) is 0 Å². The molecule has 5 heteroatoms. The molecule has 3 N–H and O–H groups in total. The molecule has 0 aliphatic carbocycles. The number of rotatable bonds is 13. The lowest BCUT2D eigenvalue weighted by atomic mass is 10.0. The van der Waals surface area contributed by atoms with Crippen molar-refractivity contribution in [3.8, 4) is 16.9 Å². The van der Waals surface area contributed by atoms with Gasteiger partial charge in [0.15, 0.2) is 0 Å². The molecule has 34 heavy (non-hydrogen) atoms. The quantitative estimate of drug-likeness (QED) is 0.235. The number of fused-ring (bicyclic) bond motifs is 3. The fourth-order valence-electron chi connectivity index (χ4n) is 4.54. The van der Waals surface area contributed by atoms with Crippen LogP contribution in [0.4, 0.5) is 0 Å². The number of hydrogen-bond donors (Lipinski definition) is 2. The van der Waals surface area contributed by atoms with Crippen molar-refractivity contribution in [2.75, 3.05) is 32.8 Å². The van der Waals surface area contributed by atoms with Gasteiger partial charge in [0.05, 0.1) is 6.61 Å². The molecule has 2 aromatic heterocycles. The Kier molecular flexibility index (Phi) is 8.56. The van der Waals surface area contributed by atoms with Crippen molar-refractivity contribution in [3.63, 3.8) is 0 Å². The van der Waals surface area contributed by atoms with E-state index in [2.05, 4.69) is 77.2 Å². The molecule has 2 heterocycles. The van der Waals surface area contributed by atoms with Crippen LogP contribution in [-0.4, -0.2) is 47.7 Å². The van der Waals surface area contributed by atoms with Crippen molar-refractivity contribution in [2.45, 2.75) is 46.0 Å². The maximum Gasteiger partial charge on any atom is 0.138 e. The second-order valence-corrected chi connectivity index (χ2v) is 8.98. The van der Waals surface area contributed by atoms with Gasteiger partial charge < -0.3 is 20.4 Å². The summed E-state index contributed by atoms with van der Waals surface area (Å²) < 4.78 is 5.97. The van der Waals surface area contributed by atoms with Crippen molar-refractivity contribution in [2.24, 2.45) is 5.73 Å². The number of nitrogens with two attached hydrogens (primary N) is 1. The third kappa shape index (κ3) is 5.96. The molecule has 0 spiro atoms. The van der Waals surface area contributed by atoms with E-state index in [9.17, 15) is 0 Å². The van der Waals surface area contributed by atoms with Gasteiger partial charge in [-0.3, -0.25) is 0 Å². The number of aromatic amines is 1. The molecule has 0 bridgehead atoms. The molecule has 0 atom stereocenters. The molecule has 0 aliphatic rings. The van der Waals surface area contributed by atoms with Crippen molar-refractivity contribution in [3.05, 3.63) is 60.3 Å². The summed E-state index contributed by atoms with van der Waals surface area (Å²) in [6.45, 7) is 9.20. The summed E-state index contributed by atoms with van der Waals surface area (Å²) >= 11 is 0. The third-order valence-corrected chi connectivity index (χ3v) is 6.65. The average molecular weight is 459 g/mol. The van der Waals surface area contributed by atoms with Gasteiger partial charge in [-0.1, -0.05) is 38.5 Å². The number of aromatic nitrogens is 2. The summed E-state index contributed by atoms with van der Waals surface area (Å²) in [5, 5.41) is 2.42. The summed E-state index contributed by atoms with van der Waals surface area (Å²) in [5.74, 6) is 0.931. The second kappa shape index (κ2) is 12.0. The monoisotopic (exact) mass is 458 g/mol. The largest absolute Gasteiger partial charge is 0.494 e. The van der Waals surface area contributed by atoms with Crippen LogP contribution in [0.25, 0.3) is 33.1 Å². The molecule has 0 radical (unpaired) electrons. The molecule has 5 nitrogen and oxygen atoms in total. The summed E-state index contributed by atoms with van der Waals surface area (Å²) in [5.41, 5.74) is 11.4. The van der Waals surface area contributed by atoms with E-state index in [4.69, 9.17) is 10.5 Å². The number of unbranched alkanes of at least 4 members (excludes halogenated alkanes) is 2. The lowest BCUT2D eigenvalue weighted by molar-refractivity contribution is 0.249. The number of pyridine rings is 1. The van der Waals surface area contributed by atoms with Crippen LogP contribution in [0.3, 0.4) is 0 Å². The first-order valence-corrected chi connectivity index (χ1v) is 12.8. The van der Waals surface area contributed by atoms with Gasteiger partial charge in [-0.25, -0.2) is 4.98 Å². The van der Waals surface area contributed by atoms with E-state index in [-0.39, 0.29) is 0 Å². The zero-order chi connectivity index (χ0) is 23.8. The van der Waals surface area contributed by atoms with Gasteiger partial charge in [0.1, 0.15) is 11.4 Å². The van der Waals surface area contributed by atoms with Crippen LogP contribution >= 0.6 is 0 Å². The number of hydrogen-bond acceptors (Lipinski definition) is 4. The average Bonchev–Trinajstić information content (AvgIpc) is 3.24. The molecule has 0 saturated heterocycles. The normalized spacial score (nSPS) is 11.6. The van der Waals surface area contributed by atoms with Crippen molar-refractivity contribution >= 4 is 21.9 Å². The molecule has 0 saturated carbocycles. The van der Waals surface area contributed by atoms with Crippen molar-refractivity contribution in [1.29, 1.82) is 0 Å². The van der Waals surface area contributed by atoms with E-state index in [1.165, 1.54) is 33.9 Å². The molecular weight excluding hydrogens is 420 g/mol. The van der Waals surface area contributed by atoms with E-state index in [0.717, 1.165) is 75.4 Å². The fourth-order valence-corrected chi connectivity index (χ4v) is 4.54. The van der Waals surface area contributed by atoms with E-state index < -0.39 is 0 Å². The topological polar surface area (TPSA) is 67.2 Å². The predicted molar refractivity (Wildman–Crippen MR) is 144 cm³/mol. The van der Waals surface area contributed by atoms with Crippen LogP contribution in [0.5, 0.6) is 5.75 Å². The number of benzene rings is 2. The Labute approximate surface area is 203 Å². The number of H-pyrrole nitrogens is 1. The van der Waals surface area contributed by atoms with Gasteiger partial charge in [0.25, 0.3) is 0 Å². The molecule has 0 amide bonds. The van der Waals surface area contributed by atoms with Crippen LogP contribution in [-0.2, 0) is 6.42 Å². The Morgan fingerprint density at radius 1 is 0.882 bits per heavy atom. The van der Waals surface area contributed by atoms with Crippen LogP contribution in [0.15, 0.2) is 54.7 Å². The van der Waals surface area contributed by atoms with Gasteiger partial charge in [0, 0.05) is 29.0 Å². The lowest BCUT2D eigenvalue weighted by Gasteiger charge is -2.17. The highest BCUT2D eigenvalue weighted by Gasteiger charge is 2.09. The number of nitrogens with zero attached hydrogens (tertiary/aromatic N) is 2. The molecular formula is C29H38N4O. The van der Waals surface area contributed by atoms with Crippen LogP contribution < -0.4 is 10.5 Å². The Balaban J connectivity index is 1.45. The minimum absolute atomic E-state index is 0.749. The Hall–Kier alpha value is -2.89. The maximum absolute atomic E-state index is 5.97. The van der Waals surface area contributed by atoms with Crippen LogP contribution in [0.1, 0.15) is 45.1 Å². The first-order chi connectivity index (χ1) is 16.7. The van der Waals surface area contributed by atoms with Gasteiger partial charge in [-0.05, 0) is 92.3 Å². The first-order valence-electron chi connectivity index (χ1n) is 12.8. The van der Waals surface area contributed by atoms with E-state index in [0.29, 0.717) is 0 Å². The molecule has 2 aromatic carbocycles. The van der Waals surface area contributed by atoms with Gasteiger partial charge >= 0.3 is 0 Å². The van der Waals surface area contributed by atoms with Gasteiger partial charge in [0.2, 0.25) is 0 Å². The summed E-state index contributed by atoms with van der Waals surface area (Å²) in [7, 11) is 0. The molecule has 0 unspecified atom stereocenters. The van der Waals surface area contributed by atoms with Crippen LogP contribution in [0.2, 0.25) is 0 Å². The maximum atomic E-state index is 5.97. The third-order valence-electron chi connectivity index (χ3n) is 6.65. The standard InChI is InChI=1S/C29H38N4O/c1-3-33(4-2)17-8-18-34-25-13-10-23(11-14-25)24-12-15-28-26(20-24)27-19-22(9-6-5-7-16-30)21-31-29(27)32-28/h10-15,19-21H,3-9,16-18,30H2,1-2H3,(H,31,32). The zero-order valence-corrected chi connectivity index (χ0v) is 20.6. The zero-order valence-electron chi connectivity index (χ0n) is 20.6. The SMILES string of the molecule is CCN(CC)CCCOc1ccc(-c2ccc3[nH]c4ncc(CCCCCN)cc4c3c2)cc1. The summed E-state index contributed by atoms with van der Waals surface area (Å²) in [6.07, 6.45) is 7.51. The highest BCUT2D eigenvalue weighted by molar-refractivity contribution is 6.07. The minimum Gasteiger partial charge on any atom is -0.494 e. The van der Waals surface area contributed by atoms with E-state index in [1.54, 1.807) is 0 Å². The van der Waals surface area contributed by atoms with Gasteiger partial charge in [-0.15, -0.1) is 0 Å². The fraction of sp³-hybridized carbons (Fsp3) is 0.414. The number of aryl methyl sites for hydroxylation is 1. The van der Waals surface area contributed by atoms with E-state index in [1.807, 2.05) is 6.20 Å². The highest BCUT2D eigenvalue weighted by Crippen LogP contribution is 2.31. The predicted octanol–water partition coefficient (Wildman–Crippen LogP) is 6.17. The second-order valence-electron chi connectivity index (χ2n) is 8.98. The molecule has 0 aliphatic heterocycles. The Morgan fingerprint density at radius 3 is 2.44 bits per heavy atom. The minimum atomic E-state index is 0.749. The Morgan fingerprint density at radius 2 is 1.68 bits per heavy atom. The van der Waals surface area contributed by atoms with Crippen molar-refractivity contribution < 1.29 is 4.74 Å². The summed E-state index contributed by atoms with van der Waals surface area (Å²) in [4.78, 5) is 10.6. The lowest BCUT2D eigenvalue weighted by Crippen LogP contribution is -2.25. The number of ether oxygens (including phenoxy) is 1. The smallest absolute Gasteiger partial charge is 0.138 e. The molecule has 4 aromatic rings. The molecule has 0 fully saturated rings. The first kappa shape index (κ1) is 24.2. The summed E-state index contributed by atoms with van der Waals surface area (Å²) in [6, 6.07) is 17.3. The molecule has 180 valence electrons. The van der Waals surface area contributed by atoms with Gasteiger partial charge in [-0.2, -0.15) is 0 Å². The van der Waals surface area contributed by atoms with E-state index >= 15 is 0 Å². The molecule has 4 rings (SSSR count). The van der Waals surface area contributed by atoms with Crippen molar-refractivity contribution in [1.82, 2.24) is 14.9 Å².